The third kappa shape index (κ3) is 10.8. The Kier molecular flexibility index (Phi) is 10.2. The Hall–Kier alpha value is -1.04. The zero-order valence-corrected chi connectivity index (χ0v) is 13.9. The van der Waals surface area contributed by atoms with Crippen LogP contribution >= 0.6 is 0 Å². The Morgan fingerprint density at radius 2 is 2.00 bits per heavy atom. The Morgan fingerprint density at radius 1 is 1.30 bits per heavy atom. The SMILES string of the molecule is C=CCCCCCN(C)C(=NC)NCCCS(C)(=O)=O. The molecule has 6 heteroatoms. The van der Waals surface area contributed by atoms with Crippen LogP contribution in [0.4, 0.5) is 0 Å². The number of hydrogen-bond donors (Lipinski definition) is 1. The van der Waals surface area contributed by atoms with Gasteiger partial charge in [-0.15, -0.1) is 6.58 Å². The Labute approximate surface area is 124 Å². The van der Waals surface area contributed by atoms with E-state index in [1.165, 1.54) is 19.1 Å². The molecule has 0 aromatic heterocycles. The van der Waals surface area contributed by atoms with Gasteiger partial charge in [0.25, 0.3) is 0 Å². The van der Waals surface area contributed by atoms with E-state index in [4.69, 9.17) is 0 Å². The Morgan fingerprint density at radius 3 is 2.55 bits per heavy atom. The number of hydrogen-bond acceptors (Lipinski definition) is 3. The molecule has 0 saturated heterocycles. The highest BCUT2D eigenvalue weighted by Crippen LogP contribution is 2.01. The van der Waals surface area contributed by atoms with E-state index >= 15 is 0 Å². The predicted molar refractivity (Wildman–Crippen MR) is 87.0 cm³/mol. The molecule has 20 heavy (non-hydrogen) atoms. The molecule has 0 radical (unpaired) electrons. The van der Waals surface area contributed by atoms with Crippen LogP contribution in [0.15, 0.2) is 17.6 Å². The number of guanidine groups is 1. The lowest BCUT2D eigenvalue weighted by Crippen LogP contribution is -2.40. The minimum absolute atomic E-state index is 0.211. The fourth-order valence-electron chi connectivity index (χ4n) is 1.84. The van der Waals surface area contributed by atoms with Crippen LogP contribution in [0.25, 0.3) is 0 Å². The van der Waals surface area contributed by atoms with Crippen molar-refractivity contribution in [1.82, 2.24) is 10.2 Å². The van der Waals surface area contributed by atoms with Crippen LogP contribution in [0, 0.1) is 0 Å². The molecule has 1 N–H and O–H groups in total. The number of allylic oxidation sites excluding steroid dienone is 1. The summed E-state index contributed by atoms with van der Waals surface area (Å²) in [7, 11) is 0.869. The summed E-state index contributed by atoms with van der Waals surface area (Å²) in [5.41, 5.74) is 0. The number of unbranched alkanes of at least 4 members (excludes halogenated alkanes) is 3. The molecule has 5 nitrogen and oxygen atoms in total. The van der Waals surface area contributed by atoms with Gasteiger partial charge in [-0.2, -0.15) is 0 Å². The molecule has 0 aliphatic heterocycles. The van der Waals surface area contributed by atoms with E-state index < -0.39 is 9.84 Å². The monoisotopic (exact) mass is 303 g/mol. The maximum absolute atomic E-state index is 11.0. The van der Waals surface area contributed by atoms with E-state index in [0.29, 0.717) is 13.0 Å². The summed E-state index contributed by atoms with van der Waals surface area (Å²) >= 11 is 0. The van der Waals surface area contributed by atoms with Gasteiger partial charge >= 0.3 is 0 Å². The van der Waals surface area contributed by atoms with E-state index in [2.05, 4.69) is 21.8 Å². The third-order valence-electron chi connectivity index (χ3n) is 2.95. The number of nitrogens with zero attached hydrogens (tertiary/aromatic N) is 2. The average Bonchev–Trinajstić information content (AvgIpc) is 2.37. The lowest BCUT2D eigenvalue weighted by molar-refractivity contribution is 0.455. The first-order valence-corrected chi connectivity index (χ1v) is 9.17. The summed E-state index contributed by atoms with van der Waals surface area (Å²) in [5.74, 6) is 1.03. The maximum atomic E-state index is 11.0. The van der Waals surface area contributed by atoms with Gasteiger partial charge in [0.15, 0.2) is 5.96 Å². The molecular formula is C14H29N3O2S. The highest BCUT2D eigenvalue weighted by molar-refractivity contribution is 7.90. The summed E-state index contributed by atoms with van der Waals surface area (Å²) < 4.78 is 22.1. The van der Waals surface area contributed by atoms with E-state index in [9.17, 15) is 8.42 Å². The van der Waals surface area contributed by atoms with Crippen LogP contribution in [0.5, 0.6) is 0 Å². The third-order valence-corrected chi connectivity index (χ3v) is 3.98. The van der Waals surface area contributed by atoms with Crippen LogP contribution in [-0.4, -0.2) is 58.5 Å². The van der Waals surface area contributed by atoms with Crippen LogP contribution in [0.1, 0.15) is 32.1 Å². The van der Waals surface area contributed by atoms with Crippen molar-refractivity contribution in [3.05, 3.63) is 12.7 Å². The summed E-state index contributed by atoms with van der Waals surface area (Å²) in [6.45, 7) is 5.28. The van der Waals surface area contributed by atoms with Gasteiger partial charge in [-0.1, -0.05) is 12.5 Å². The molecule has 0 saturated carbocycles. The zero-order chi connectivity index (χ0) is 15.4. The molecule has 0 fully saturated rings. The smallest absolute Gasteiger partial charge is 0.193 e. The van der Waals surface area contributed by atoms with Gasteiger partial charge in [0.05, 0.1) is 5.75 Å². The van der Waals surface area contributed by atoms with Crippen molar-refractivity contribution < 1.29 is 8.42 Å². The molecule has 0 aliphatic rings. The molecule has 0 aliphatic carbocycles. The first kappa shape index (κ1) is 19.0. The molecule has 0 aromatic rings. The fraction of sp³-hybridized carbons (Fsp3) is 0.786. The second-order valence-corrected chi connectivity index (χ2v) is 7.28. The van der Waals surface area contributed by atoms with Crippen LogP contribution < -0.4 is 5.32 Å². The number of nitrogens with one attached hydrogen (secondary N) is 1. The van der Waals surface area contributed by atoms with Gasteiger partial charge in [0.1, 0.15) is 9.84 Å². The largest absolute Gasteiger partial charge is 0.356 e. The molecule has 0 unspecified atom stereocenters. The molecule has 0 bridgehead atoms. The fourth-order valence-corrected chi connectivity index (χ4v) is 2.51. The zero-order valence-electron chi connectivity index (χ0n) is 13.1. The summed E-state index contributed by atoms with van der Waals surface area (Å²) in [6, 6.07) is 0. The standard InChI is InChI=1S/C14H29N3O2S/c1-5-6-7-8-9-12-17(3)14(15-2)16-11-10-13-20(4,18)19/h5H,1,6-13H2,2-4H3,(H,15,16). The van der Waals surface area contributed by atoms with Crippen molar-refractivity contribution >= 4 is 15.8 Å². The van der Waals surface area contributed by atoms with Crippen molar-refractivity contribution in [3.63, 3.8) is 0 Å². The maximum Gasteiger partial charge on any atom is 0.193 e. The van der Waals surface area contributed by atoms with Crippen LogP contribution in [0.2, 0.25) is 0 Å². The highest BCUT2D eigenvalue weighted by atomic mass is 32.2. The quantitative estimate of drug-likeness (QED) is 0.289. The first-order valence-electron chi connectivity index (χ1n) is 7.11. The minimum atomic E-state index is -2.87. The summed E-state index contributed by atoms with van der Waals surface area (Å²) in [6.07, 6.45) is 8.37. The van der Waals surface area contributed by atoms with Crippen molar-refractivity contribution in [1.29, 1.82) is 0 Å². The predicted octanol–water partition coefficient (Wildman–Crippen LogP) is 1.67. The molecule has 118 valence electrons. The highest BCUT2D eigenvalue weighted by Gasteiger charge is 2.06. The molecule has 0 rings (SSSR count). The minimum Gasteiger partial charge on any atom is -0.356 e. The normalized spacial score (nSPS) is 12.2. The molecule has 0 spiro atoms. The first-order chi connectivity index (χ1) is 9.40. The van der Waals surface area contributed by atoms with E-state index in [1.54, 1.807) is 7.05 Å². The van der Waals surface area contributed by atoms with E-state index in [-0.39, 0.29) is 5.75 Å². The van der Waals surface area contributed by atoms with Gasteiger partial charge < -0.3 is 10.2 Å². The van der Waals surface area contributed by atoms with E-state index in [1.807, 2.05) is 13.1 Å². The average molecular weight is 303 g/mol. The number of aliphatic imine (C=N–C) groups is 1. The molecule has 0 amide bonds. The van der Waals surface area contributed by atoms with Crippen LogP contribution in [0.3, 0.4) is 0 Å². The summed E-state index contributed by atoms with van der Waals surface area (Å²) in [4.78, 5) is 6.28. The number of rotatable bonds is 10. The topological polar surface area (TPSA) is 61.8 Å². The van der Waals surface area contributed by atoms with E-state index in [0.717, 1.165) is 25.3 Å². The lowest BCUT2D eigenvalue weighted by Gasteiger charge is -2.22. The Balaban J connectivity index is 3.86. The molecular weight excluding hydrogens is 274 g/mol. The van der Waals surface area contributed by atoms with Crippen molar-refractivity contribution in [2.24, 2.45) is 4.99 Å². The van der Waals surface area contributed by atoms with Crippen molar-refractivity contribution in [3.8, 4) is 0 Å². The molecule has 0 heterocycles. The molecule has 0 aromatic carbocycles. The lowest BCUT2D eigenvalue weighted by atomic mass is 10.2. The molecule has 0 atom stereocenters. The van der Waals surface area contributed by atoms with Gasteiger partial charge in [0, 0.05) is 33.4 Å². The number of sulfone groups is 1. The second-order valence-electron chi connectivity index (χ2n) is 5.02. The van der Waals surface area contributed by atoms with Gasteiger partial charge in [-0.05, 0) is 25.7 Å². The van der Waals surface area contributed by atoms with Crippen molar-refractivity contribution in [2.45, 2.75) is 32.1 Å². The van der Waals surface area contributed by atoms with Crippen molar-refractivity contribution in [2.75, 3.05) is 39.2 Å². The van der Waals surface area contributed by atoms with Gasteiger partial charge in [-0.3, -0.25) is 4.99 Å². The van der Waals surface area contributed by atoms with Crippen LogP contribution in [-0.2, 0) is 9.84 Å². The summed E-state index contributed by atoms with van der Waals surface area (Å²) in [5, 5.41) is 3.19. The Bertz CT molecular complexity index is 391. The van der Waals surface area contributed by atoms with Gasteiger partial charge in [0.2, 0.25) is 0 Å². The van der Waals surface area contributed by atoms with Gasteiger partial charge in [-0.25, -0.2) is 8.42 Å². The second kappa shape index (κ2) is 10.7.